The van der Waals surface area contributed by atoms with E-state index < -0.39 is 0 Å². The van der Waals surface area contributed by atoms with Crippen LogP contribution >= 0.6 is 0 Å². The summed E-state index contributed by atoms with van der Waals surface area (Å²) < 4.78 is 5.61. The minimum absolute atomic E-state index is 0.0640. The molecule has 1 unspecified atom stereocenters. The molecule has 0 aliphatic rings. The summed E-state index contributed by atoms with van der Waals surface area (Å²) in [5, 5.41) is 5.87. The van der Waals surface area contributed by atoms with Crippen molar-refractivity contribution in [3.8, 4) is 5.75 Å². The Morgan fingerprint density at radius 1 is 1.20 bits per heavy atom. The topological polar surface area (TPSA) is 50.4 Å². The molecule has 2 N–H and O–H groups in total. The molecule has 2 rings (SSSR count). The third kappa shape index (κ3) is 5.68. The van der Waals surface area contributed by atoms with Crippen LogP contribution < -0.4 is 15.4 Å². The number of hydrogen-bond acceptors (Lipinski definition) is 2. The molecule has 0 aromatic heterocycles. The molecule has 4 heteroatoms. The van der Waals surface area contributed by atoms with E-state index in [0.29, 0.717) is 13.2 Å². The quantitative estimate of drug-likeness (QED) is 0.734. The normalized spacial score (nSPS) is 11.5. The Morgan fingerprint density at radius 2 is 1.88 bits per heavy atom. The van der Waals surface area contributed by atoms with Crippen molar-refractivity contribution < 1.29 is 9.53 Å². The molecular weight excluding hydrogens is 312 g/mol. The van der Waals surface area contributed by atoms with E-state index in [9.17, 15) is 4.79 Å². The smallest absolute Gasteiger partial charge is 0.315 e. The molecule has 0 heterocycles. The number of urea groups is 1. The molecule has 0 spiro atoms. The highest BCUT2D eigenvalue weighted by Gasteiger charge is 2.11. The van der Waals surface area contributed by atoms with Gasteiger partial charge in [-0.25, -0.2) is 4.79 Å². The number of carbonyl (C=O) groups is 1. The monoisotopic (exact) mass is 338 g/mol. The van der Waals surface area contributed by atoms with Gasteiger partial charge in [0.1, 0.15) is 12.4 Å². The Bertz CT molecular complexity index is 720. The van der Waals surface area contributed by atoms with Crippen LogP contribution in [0.2, 0.25) is 0 Å². The first-order valence-corrected chi connectivity index (χ1v) is 8.43. The number of aryl methyl sites for hydroxylation is 2. The predicted molar refractivity (Wildman–Crippen MR) is 102 cm³/mol. The van der Waals surface area contributed by atoms with Gasteiger partial charge in [0.2, 0.25) is 0 Å². The van der Waals surface area contributed by atoms with Gasteiger partial charge in [-0.3, -0.25) is 0 Å². The van der Waals surface area contributed by atoms with Crippen molar-refractivity contribution in [2.24, 2.45) is 0 Å². The van der Waals surface area contributed by atoms with Gasteiger partial charge in [0, 0.05) is 12.1 Å². The Morgan fingerprint density at radius 3 is 2.56 bits per heavy atom. The van der Waals surface area contributed by atoms with Gasteiger partial charge in [-0.15, -0.1) is 0 Å². The summed E-state index contributed by atoms with van der Waals surface area (Å²) in [6, 6.07) is 13.7. The lowest BCUT2D eigenvalue weighted by atomic mass is 10.0. The molecule has 2 aromatic rings. The summed E-state index contributed by atoms with van der Waals surface area (Å²) >= 11 is 0. The lowest BCUT2D eigenvalue weighted by Crippen LogP contribution is -2.36. The second-order valence-electron chi connectivity index (χ2n) is 6.18. The Balaban J connectivity index is 1.93. The minimum atomic E-state index is -0.204. The molecule has 0 saturated carbocycles. The van der Waals surface area contributed by atoms with E-state index in [1.54, 1.807) is 6.08 Å². The number of para-hydroxylation sites is 1. The summed E-state index contributed by atoms with van der Waals surface area (Å²) in [6.07, 6.45) is 1.70. The van der Waals surface area contributed by atoms with Crippen LogP contribution in [-0.2, 0) is 6.54 Å². The molecule has 0 aliphatic heterocycles. The molecule has 0 radical (unpaired) electrons. The van der Waals surface area contributed by atoms with E-state index in [4.69, 9.17) is 4.74 Å². The first-order valence-electron chi connectivity index (χ1n) is 8.43. The summed E-state index contributed by atoms with van der Waals surface area (Å²) in [7, 11) is 0. The van der Waals surface area contributed by atoms with Gasteiger partial charge >= 0.3 is 6.03 Å². The number of nitrogens with one attached hydrogen (secondary N) is 2. The van der Waals surface area contributed by atoms with Gasteiger partial charge < -0.3 is 15.4 Å². The van der Waals surface area contributed by atoms with Crippen molar-refractivity contribution in [1.82, 2.24) is 10.6 Å². The SMILES string of the molecule is C=CCOc1ccccc1CNC(=O)NC(C)c1cc(C)cc(C)c1. The molecule has 0 aliphatic carbocycles. The van der Waals surface area contributed by atoms with Gasteiger partial charge in [-0.2, -0.15) is 0 Å². The van der Waals surface area contributed by atoms with E-state index in [-0.39, 0.29) is 12.1 Å². The van der Waals surface area contributed by atoms with Crippen molar-refractivity contribution in [1.29, 1.82) is 0 Å². The number of hydrogen-bond donors (Lipinski definition) is 2. The maximum Gasteiger partial charge on any atom is 0.315 e. The standard InChI is InChI=1S/C21H26N2O2/c1-5-10-25-20-9-7-6-8-18(20)14-22-21(24)23-17(4)19-12-15(2)11-16(3)13-19/h5-9,11-13,17H,1,10,14H2,2-4H3,(H2,22,23,24). The highest BCUT2D eigenvalue weighted by atomic mass is 16.5. The molecule has 4 nitrogen and oxygen atoms in total. The highest BCUT2D eigenvalue weighted by Crippen LogP contribution is 2.18. The van der Waals surface area contributed by atoms with Crippen LogP contribution in [0, 0.1) is 13.8 Å². The van der Waals surface area contributed by atoms with Gasteiger partial charge in [0.05, 0.1) is 6.04 Å². The number of benzene rings is 2. The molecule has 0 bridgehead atoms. The largest absolute Gasteiger partial charge is 0.489 e. The average Bonchev–Trinajstić information content (AvgIpc) is 2.58. The van der Waals surface area contributed by atoms with Crippen molar-refractivity contribution in [3.63, 3.8) is 0 Å². The number of carbonyl (C=O) groups excluding carboxylic acids is 1. The van der Waals surface area contributed by atoms with Gasteiger partial charge in [0.15, 0.2) is 0 Å². The highest BCUT2D eigenvalue weighted by molar-refractivity contribution is 5.74. The zero-order valence-corrected chi connectivity index (χ0v) is 15.1. The maximum absolute atomic E-state index is 12.2. The van der Waals surface area contributed by atoms with Crippen LogP contribution in [0.25, 0.3) is 0 Å². The lowest BCUT2D eigenvalue weighted by Gasteiger charge is -2.17. The molecule has 25 heavy (non-hydrogen) atoms. The molecule has 1 atom stereocenters. The zero-order valence-electron chi connectivity index (χ0n) is 15.1. The number of rotatable bonds is 7. The minimum Gasteiger partial charge on any atom is -0.489 e. The van der Waals surface area contributed by atoms with Crippen molar-refractivity contribution in [2.45, 2.75) is 33.4 Å². The van der Waals surface area contributed by atoms with E-state index in [1.165, 1.54) is 11.1 Å². The summed E-state index contributed by atoms with van der Waals surface area (Å²) in [5.41, 5.74) is 4.41. The van der Waals surface area contributed by atoms with Crippen LogP contribution in [0.3, 0.4) is 0 Å². The maximum atomic E-state index is 12.2. The second-order valence-corrected chi connectivity index (χ2v) is 6.18. The molecule has 2 amide bonds. The van der Waals surface area contributed by atoms with Crippen LogP contribution in [0.1, 0.15) is 35.2 Å². The van der Waals surface area contributed by atoms with Gasteiger partial charge in [0.25, 0.3) is 0 Å². The summed E-state index contributed by atoms with van der Waals surface area (Å²) in [5.74, 6) is 0.755. The third-order valence-corrected chi connectivity index (χ3v) is 3.86. The molecule has 0 saturated heterocycles. The summed E-state index contributed by atoms with van der Waals surface area (Å²) in [6.45, 7) is 10.6. The average molecular weight is 338 g/mol. The fourth-order valence-corrected chi connectivity index (χ4v) is 2.71. The van der Waals surface area contributed by atoms with Crippen LogP contribution in [0.15, 0.2) is 55.1 Å². The van der Waals surface area contributed by atoms with Crippen molar-refractivity contribution >= 4 is 6.03 Å². The fraction of sp³-hybridized carbons (Fsp3) is 0.286. The number of amides is 2. The second kappa shape index (κ2) is 8.92. The third-order valence-electron chi connectivity index (χ3n) is 3.86. The molecule has 132 valence electrons. The predicted octanol–water partition coefficient (Wildman–Crippen LogP) is 4.43. The van der Waals surface area contributed by atoms with Crippen molar-refractivity contribution in [2.75, 3.05) is 6.61 Å². The molecule has 0 fully saturated rings. The van der Waals surface area contributed by atoms with E-state index >= 15 is 0 Å². The van der Waals surface area contributed by atoms with Crippen molar-refractivity contribution in [3.05, 3.63) is 77.4 Å². The summed E-state index contributed by atoms with van der Waals surface area (Å²) in [4.78, 5) is 12.2. The van der Waals surface area contributed by atoms with Crippen LogP contribution in [0.4, 0.5) is 4.79 Å². The molecular formula is C21H26N2O2. The number of ether oxygens (including phenoxy) is 1. The van der Waals surface area contributed by atoms with Gasteiger partial charge in [-0.05, 0) is 32.4 Å². The zero-order chi connectivity index (χ0) is 18.2. The van der Waals surface area contributed by atoms with Crippen LogP contribution in [0.5, 0.6) is 5.75 Å². The fourth-order valence-electron chi connectivity index (χ4n) is 2.71. The van der Waals surface area contributed by atoms with E-state index in [1.807, 2.05) is 31.2 Å². The van der Waals surface area contributed by atoms with Crippen LogP contribution in [-0.4, -0.2) is 12.6 Å². The van der Waals surface area contributed by atoms with E-state index in [2.05, 4.69) is 49.3 Å². The van der Waals surface area contributed by atoms with Gasteiger partial charge in [-0.1, -0.05) is 60.2 Å². The van der Waals surface area contributed by atoms with E-state index in [0.717, 1.165) is 16.9 Å². The Hall–Kier alpha value is -2.75. The first-order chi connectivity index (χ1) is 12.0. The first kappa shape index (κ1) is 18.6. The Labute approximate surface area is 149 Å². The lowest BCUT2D eigenvalue weighted by molar-refractivity contribution is 0.237. The molecule has 2 aromatic carbocycles. The Kier molecular flexibility index (Phi) is 6.63.